The van der Waals surface area contributed by atoms with Gasteiger partial charge < -0.3 is 5.11 Å². The molecular formula is C9H5F5O2. The highest BCUT2D eigenvalue weighted by molar-refractivity contribution is 5.90. The molecule has 0 aliphatic heterocycles. The molecule has 1 aromatic rings. The van der Waals surface area contributed by atoms with Gasteiger partial charge in [0.2, 0.25) is 0 Å². The minimum Gasteiger partial charge on any atom is -0.478 e. The molecule has 0 atom stereocenters. The van der Waals surface area contributed by atoms with E-state index in [1.165, 1.54) is 0 Å². The summed E-state index contributed by atoms with van der Waals surface area (Å²) < 4.78 is 62.7. The van der Waals surface area contributed by atoms with Gasteiger partial charge in [0.25, 0.3) is 0 Å². The van der Waals surface area contributed by atoms with Crippen molar-refractivity contribution in [2.45, 2.75) is 13.1 Å². The predicted octanol–water partition coefficient (Wildman–Crippen LogP) is 2.99. The van der Waals surface area contributed by atoms with Gasteiger partial charge in [-0.2, -0.15) is 13.2 Å². The van der Waals surface area contributed by atoms with E-state index in [-0.39, 0.29) is 0 Å². The molecule has 0 aromatic heterocycles. The molecule has 1 aromatic carbocycles. The fraction of sp³-hybridized carbons (Fsp3) is 0.222. The molecule has 0 fully saturated rings. The van der Waals surface area contributed by atoms with Crippen LogP contribution >= 0.6 is 0 Å². The Kier molecular flexibility index (Phi) is 2.89. The number of benzene rings is 1. The molecule has 0 aliphatic rings. The molecule has 1 rings (SSSR count). The second-order valence-corrected chi connectivity index (χ2v) is 3.04. The first-order chi connectivity index (χ1) is 7.16. The summed E-state index contributed by atoms with van der Waals surface area (Å²) in [6.45, 7) is 1.01. The minimum atomic E-state index is -5.27. The first-order valence-electron chi connectivity index (χ1n) is 3.95. The molecule has 0 saturated heterocycles. The van der Waals surface area contributed by atoms with Crippen molar-refractivity contribution in [3.63, 3.8) is 0 Å². The van der Waals surface area contributed by atoms with Gasteiger partial charge in [0.15, 0.2) is 5.82 Å². The van der Waals surface area contributed by atoms with Crippen LogP contribution < -0.4 is 0 Å². The van der Waals surface area contributed by atoms with Crippen LogP contribution in [0.25, 0.3) is 0 Å². The maximum Gasteiger partial charge on any atom is 0.422 e. The zero-order chi connectivity index (χ0) is 12.7. The molecule has 0 amide bonds. The van der Waals surface area contributed by atoms with Crippen LogP contribution in [0.15, 0.2) is 6.07 Å². The van der Waals surface area contributed by atoms with Crippen molar-refractivity contribution in [1.29, 1.82) is 0 Å². The topological polar surface area (TPSA) is 37.3 Å². The van der Waals surface area contributed by atoms with Crippen LogP contribution in [-0.4, -0.2) is 11.1 Å². The lowest BCUT2D eigenvalue weighted by molar-refractivity contribution is -0.142. The molecule has 1 N–H and O–H groups in total. The number of carboxylic acids is 1. The number of halogens is 5. The molecule has 88 valence electrons. The third kappa shape index (κ3) is 1.98. The van der Waals surface area contributed by atoms with Gasteiger partial charge in [-0.25, -0.2) is 13.6 Å². The van der Waals surface area contributed by atoms with E-state index < -0.39 is 40.5 Å². The Labute approximate surface area is 86.3 Å². The molecule has 7 heteroatoms. The Morgan fingerprint density at radius 1 is 1.31 bits per heavy atom. The van der Waals surface area contributed by atoms with E-state index in [2.05, 4.69) is 0 Å². The third-order valence-corrected chi connectivity index (χ3v) is 1.91. The summed E-state index contributed by atoms with van der Waals surface area (Å²) in [5.41, 5.74) is -3.76. The predicted molar refractivity (Wildman–Crippen MR) is 43.1 cm³/mol. The molecule has 16 heavy (non-hydrogen) atoms. The van der Waals surface area contributed by atoms with Gasteiger partial charge >= 0.3 is 12.1 Å². The van der Waals surface area contributed by atoms with Gasteiger partial charge in [0.05, 0.1) is 5.56 Å². The molecule has 0 saturated carbocycles. The summed E-state index contributed by atoms with van der Waals surface area (Å²) in [6.07, 6.45) is -5.27. The first kappa shape index (κ1) is 12.4. The highest BCUT2D eigenvalue weighted by Gasteiger charge is 2.40. The Morgan fingerprint density at radius 3 is 2.19 bits per heavy atom. The summed E-state index contributed by atoms with van der Waals surface area (Å²) in [4.78, 5) is 10.5. The van der Waals surface area contributed by atoms with Gasteiger partial charge in [-0.15, -0.1) is 0 Å². The van der Waals surface area contributed by atoms with Crippen molar-refractivity contribution in [3.05, 3.63) is 34.4 Å². The van der Waals surface area contributed by atoms with Crippen LogP contribution in [0.1, 0.15) is 21.5 Å². The van der Waals surface area contributed by atoms with Crippen LogP contribution in [0.4, 0.5) is 22.0 Å². The number of aryl methyl sites for hydroxylation is 1. The number of hydrogen-bond donors (Lipinski definition) is 1. The number of aromatic carboxylic acids is 1. The van der Waals surface area contributed by atoms with Gasteiger partial charge in [-0.1, -0.05) is 0 Å². The largest absolute Gasteiger partial charge is 0.478 e. The number of hydrogen-bond acceptors (Lipinski definition) is 1. The summed E-state index contributed by atoms with van der Waals surface area (Å²) in [5.74, 6) is -5.80. The Morgan fingerprint density at radius 2 is 1.81 bits per heavy atom. The molecule has 0 unspecified atom stereocenters. The maximum absolute atomic E-state index is 13.2. The van der Waals surface area contributed by atoms with Crippen molar-refractivity contribution in [2.75, 3.05) is 0 Å². The second-order valence-electron chi connectivity index (χ2n) is 3.04. The maximum atomic E-state index is 13.2. The highest BCUT2D eigenvalue weighted by Crippen LogP contribution is 2.35. The normalized spacial score (nSPS) is 11.6. The smallest absolute Gasteiger partial charge is 0.422 e. The van der Waals surface area contributed by atoms with Crippen LogP contribution in [-0.2, 0) is 6.18 Å². The zero-order valence-corrected chi connectivity index (χ0v) is 7.82. The summed E-state index contributed by atoms with van der Waals surface area (Å²) in [6, 6.07) is 0.343. The molecule has 0 heterocycles. The van der Waals surface area contributed by atoms with E-state index in [0.29, 0.717) is 6.07 Å². The Hall–Kier alpha value is -1.66. The van der Waals surface area contributed by atoms with E-state index in [4.69, 9.17) is 5.11 Å². The SMILES string of the molecule is Cc1cc(F)c(C(F)(F)F)c(F)c1C(=O)O. The van der Waals surface area contributed by atoms with Crippen LogP contribution in [0.5, 0.6) is 0 Å². The third-order valence-electron chi connectivity index (χ3n) is 1.91. The monoisotopic (exact) mass is 240 g/mol. The number of rotatable bonds is 1. The quantitative estimate of drug-likeness (QED) is 0.766. The lowest BCUT2D eigenvalue weighted by atomic mass is 10.0. The number of carbonyl (C=O) groups is 1. The Bertz CT molecular complexity index is 450. The van der Waals surface area contributed by atoms with Crippen molar-refractivity contribution in [1.82, 2.24) is 0 Å². The molecular weight excluding hydrogens is 235 g/mol. The fourth-order valence-electron chi connectivity index (χ4n) is 1.26. The minimum absolute atomic E-state index is 0.343. The van der Waals surface area contributed by atoms with Crippen molar-refractivity contribution in [2.24, 2.45) is 0 Å². The van der Waals surface area contributed by atoms with Crippen molar-refractivity contribution >= 4 is 5.97 Å². The zero-order valence-electron chi connectivity index (χ0n) is 7.82. The standard InChI is InChI=1S/C9H5F5O2/c1-3-2-4(10)6(9(12,13)14)7(11)5(3)8(15)16/h2H,1H3,(H,15,16). The molecule has 2 nitrogen and oxygen atoms in total. The molecule has 0 spiro atoms. The van der Waals surface area contributed by atoms with E-state index in [9.17, 15) is 26.7 Å². The fourth-order valence-corrected chi connectivity index (χ4v) is 1.26. The second kappa shape index (κ2) is 3.73. The van der Waals surface area contributed by atoms with E-state index >= 15 is 0 Å². The van der Waals surface area contributed by atoms with E-state index in [1.807, 2.05) is 0 Å². The van der Waals surface area contributed by atoms with Crippen LogP contribution in [0.2, 0.25) is 0 Å². The lowest BCUT2D eigenvalue weighted by Gasteiger charge is -2.12. The van der Waals surface area contributed by atoms with E-state index in [0.717, 1.165) is 6.92 Å². The van der Waals surface area contributed by atoms with Gasteiger partial charge in [0.1, 0.15) is 11.4 Å². The van der Waals surface area contributed by atoms with Crippen molar-refractivity contribution < 1.29 is 31.9 Å². The number of alkyl halides is 3. The molecule has 0 aliphatic carbocycles. The lowest BCUT2D eigenvalue weighted by Crippen LogP contribution is -2.16. The summed E-state index contributed by atoms with van der Waals surface area (Å²) in [5, 5.41) is 8.50. The summed E-state index contributed by atoms with van der Waals surface area (Å²) in [7, 11) is 0. The average Bonchev–Trinajstić information content (AvgIpc) is 1.97. The first-order valence-corrected chi connectivity index (χ1v) is 3.95. The summed E-state index contributed by atoms with van der Waals surface area (Å²) >= 11 is 0. The van der Waals surface area contributed by atoms with Gasteiger partial charge in [0, 0.05) is 0 Å². The van der Waals surface area contributed by atoms with E-state index in [1.54, 1.807) is 0 Å². The molecule has 0 radical (unpaired) electrons. The van der Waals surface area contributed by atoms with Crippen LogP contribution in [0, 0.1) is 18.6 Å². The highest BCUT2D eigenvalue weighted by atomic mass is 19.4. The Balaban J connectivity index is 3.65. The van der Waals surface area contributed by atoms with Crippen LogP contribution in [0.3, 0.4) is 0 Å². The van der Waals surface area contributed by atoms with Gasteiger partial charge in [-0.3, -0.25) is 0 Å². The van der Waals surface area contributed by atoms with Crippen molar-refractivity contribution in [3.8, 4) is 0 Å². The number of carboxylic acid groups (broad SMARTS) is 1. The average molecular weight is 240 g/mol. The molecule has 0 bridgehead atoms. The van der Waals surface area contributed by atoms with Gasteiger partial charge in [-0.05, 0) is 18.6 Å².